The summed E-state index contributed by atoms with van der Waals surface area (Å²) in [5, 5.41) is 5.98. The predicted molar refractivity (Wildman–Crippen MR) is 135 cm³/mol. The third-order valence-corrected chi connectivity index (χ3v) is 7.43. The largest absolute Gasteiger partial charge is 0.454 e. The summed E-state index contributed by atoms with van der Waals surface area (Å²) in [6.45, 7) is 4.72. The molecule has 2 fully saturated rings. The van der Waals surface area contributed by atoms with Crippen molar-refractivity contribution in [3.63, 3.8) is 0 Å². The van der Waals surface area contributed by atoms with Gasteiger partial charge in [0.1, 0.15) is 18.0 Å². The molecule has 0 saturated carbocycles. The van der Waals surface area contributed by atoms with Crippen molar-refractivity contribution in [2.24, 2.45) is 5.92 Å². The van der Waals surface area contributed by atoms with Gasteiger partial charge in [0.2, 0.25) is 18.6 Å². The minimum absolute atomic E-state index is 0.0250. The maximum absolute atomic E-state index is 13.8. The maximum Gasteiger partial charge on any atom is 0.334 e. The Bertz CT molecular complexity index is 1220. The number of fused-ring (bicyclic) bond motifs is 2. The Morgan fingerprint density at radius 1 is 1.11 bits per heavy atom. The quantitative estimate of drug-likeness (QED) is 0.623. The van der Waals surface area contributed by atoms with Crippen molar-refractivity contribution < 1.29 is 28.2 Å². The van der Waals surface area contributed by atoms with Crippen LogP contribution in [-0.2, 0) is 22.7 Å². The fourth-order valence-electron chi connectivity index (χ4n) is 5.26. The summed E-state index contributed by atoms with van der Waals surface area (Å²) in [7, 11) is 1.68. The van der Waals surface area contributed by atoms with Crippen LogP contribution in [0, 0.1) is 11.7 Å². The first-order valence-corrected chi connectivity index (χ1v) is 12.8. The molecule has 3 atom stereocenters. The van der Waals surface area contributed by atoms with Gasteiger partial charge in [0, 0.05) is 20.1 Å². The van der Waals surface area contributed by atoms with E-state index in [1.54, 1.807) is 34.0 Å². The molecule has 2 aromatic rings. The van der Waals surface area contributed by atoms with Gasteiger partial charge < -0.3 is 24.6 Å². The van der Waals surface area contributed by atoms with Gasteiger partial charge in [-0.25, -0.2) is 19.2 Å². The van der Waals surface area contributed by atoms with Crippen LogP contribution in [0.15, 0.2) is 42.5 Å². The van der Waals surface area contributed by atoms with Gasteiger partial charge in [0.25, 0.3) is 0 Å². The molecule has 0 spiro atoms. The Hall–Kier alpha value is -3.86. The third kappa shape index (κ3) is 4.85. The SMILES string of the molecule is CCC(C)[C@H]1C(=O)N(Cc2ccc3c(c2)OCO3)C[C@H]2N1C(=O)CN(C)N2C(=O)NCc1ccc(F)cc1. The average Bonchev–Trinajstić information content (AvgIpc) is 3.37. The molecular weight excluding hydrogens is 493 g/mol. The van der Waals surface area contributed by atoms with Crippen LogP contribution < -0.4 is 14.8 Å². The zero-order valence-electron chi connectivity index (χ0n) is 21.7. The molecule has 1 unspecified atom stereocenters. The highest BCUT2D eigenvalue weighted by molar-refractivity contribution is 5.91. The van der Waals surface area contributed by atoms with E-state index < -0.39 is 18.2 Å². The Morgan fingerprint density at radius 3 is 2.55 bits per heavy atom. The Balaban J connectivity index is 1.41. The number of urea groups is 1. The van der Waals surface area contributed by atoms with E-state index >= 15 is 0 Å². The summed E-state index contributed by atoms with van der Waals surface area (Å²) < 4.78 is 24.2. The van der Waals surface area contributed by atoms with Crippen molar-refractivity contribution in [1.29, 1.82) is 0 Å². The summed E-state index contributed by atoms with van der Waals surface area (Å²) in [6, 6.07) is 10.4. The average molecular weight is 526 g/mol. The smallest absolute Gasteiger partial charge is 0.334 e. The van der Waals surface area contributed by atoms with Crippen LogP contribution in [0.5, 0.6) is 11.5 Å². The van der Waals surface area contributed by atoms with Crippen molar-refractivity contribution in [2.75, 3.05) is 26.9 Å². The Labute approximate surface area is 220 Å². The van der Waals surface area contributed by atoms with Crippen molar-refractivity contribution in [3.05, 3.63) is 59.4 Å². The lowest BCUT2D eigenvalue weighted by molar-refractivity contribution is -0.190. The molecule has 0 aromatic heterocycles. The molecule has 11 heteroatoms. The number of amides is 4. The number of rotatable bonds is 6. The molecule has 0 radical (unpaired) electrons. The van der Waals surface area contributed by atoms with Crippen LogP contribution in [0.25, 0.3) is 0 Å². The number of nitrogens with zero attached hydrogens (tertiary/aromatic N) is 4. The molecule has 3 heterocycles. The fourth-order valence-corrected chi connectivity index (χ4v) is 5.26. The molecular formula is C27H32FN5O5. The molecule has 38 heavy (non-hydrogen) atoms. The van der Waals surface area contributed by atoms with Crippen molar-refractivity contribution in [1.82, 2.24) is 25.1 Å². The molecule has 0 bridgehead atoms. The Kier molecular flexibility index (Phi) is 7.11. The highest BCUT2D eigenvalue weighted by Gasteiger charge is 2.51. The second kappa shape index (κ2) is 10.5. The van der Waals surface area contributed by atoms with Crippen LogP contribution >= 0.6 is 0 Å². The number of carbonyl (C=O) groups is 3. The lowest BCUT2D eigenvalue weighted by Crippen LogP contribution is -2.76. The molecule has 1 N–H and O–H groups in total. The van der Waals surface area contributed by atoms with Crippen LogP contribution in [-0.4, -0.2) is 76.8 Å². The summed E-state index contributed by atoms with van der Waals surface area (Å²) in [5.41, 5.74) is 1.61. The van der Waals surface area contributed by atoms with Gasteiger partial charge in [-0.3, -0.25) is 9.59 Å². The lowest BCUT2D eigenvalue weighted by atomic mass is 9.92. The van der Waals surface area contributed by atoms with Crippen molar-refractivity contribution in [3.8, 4) is 11.5 Å². The van der Waals surface area contributed by atoms with E-state index in [2.05, 4.69) is 5.32 Å². The number of ether oxygens (including phenoxy) is 2. The first-order valence-electron chi connectivity index (χ1n) is 12.8. The normalized spacial score (nSPS) is 21.9. The molecule has 3 aliphatic rings. The molecule has 0 aliphatic carbocycles. The molecule has 10 nitrogen and oxygen atoms in total. The van der Waals surface area contributed by atoms with E-state index in [4.69, 9.17) is 9.47 Å². The van der Waals surface area contributed by atoms with E-state index in [0.29, 0.717) is 24.5 Å². The zero-order chi connectivity index (χ0) is 27.0. The highest BCUT2D eigenvalue weighted by atomic mass is 19.1. The molecule has 3 aliphatic heterocycles. The van der Waals surface area contributed by atoms with Crippen LogP contribution in [0.4, 0.5) is 9.18 Å². The first kappa shape index (κ1) is 25.8. The minimum Gasteiger partial charge on any atom is -0.454 e. The first-order chi connectivity index (χ1) is 18.3. The predicted octanol–water partition coefficient (Wildman–Crippen LogP) is 2.54. The van der Waals surface area contributed by atoms with Gasteiger partial charge in [-0.2, -0.15) is 0 Å². The number of likely N-dealkylation sites (N-methyl/N-ethyl adjacent to an activating group) is 1. The lowest BCUT2D eigenvalue weighted by Gasteiger charge is -2.55. The number of hydrogen-bond donors (Lipinski definition) is 1. The van der Waals surface area contributed by atoms with E-state index in [1.807, 2.05) is 32.0 Å². The summed E-state index contributed by atoms with van der Waals surface area (Å²) in [6.07, 6.45) is 0.0114. The highest BCUT2D eigenvalue weighted by Crippen LogP contribution is 2.35. The fraction of sp³-hybridized carbons (Fsp3) is 0.444. The van der Waals surface area contributed by atoms with Gasteiger partial charge in [-0.05, 0) is 41.3 Å². The minimum atomic E-state index is -0.693. The second-order valence-electron chi connectivity index (χ2n) is 9.96. The van der Waals surface area contributed by atoms with Gasteiger partial charge in [0.15, 0.2) is 11.5 Å². The topological polar surface area (TPSA) is 94.7 Å². The Morgan fingerprint density at radius 2 is 1.82 bits per heavy atom. The number of hydrazine groups is 1. The van der Waals surface area contributed by atoms with Gasteiger partial charge >= 0.3 is 6.03 Å². The van der Waals surface area contributed by atoms with E-state index in [9.17, 15) is 18.8 Å². The maximum atomic E-state index is 13.8. The van der Waals surface area contributed by atoms with E-state index in [-0.39, 0.29) is 50.0 Å². The molecule has 2 saturated heterocycles. The molecule has 2 aromatic carbocycles. The standard InChI is InChI=1S/C27H32FN5O5/c1-4-17(2)25-26(35)31(13-19-7-10-21-22(11-19)38-16-37-21)14-23-32(25)24(34)15-30(3)33(23)27(36)29-12-18-5-8-20(28)9-6-18/h5-11,17,23,25H,4,12-16H2,1-3H3,(H,29,36)/t17?,23-,25-/m0/s1. The van der Waals surface area contributed by atoms with Crippen molar-refractivity contribution >= 4 is 17.8 Å². The number of piperazine rings is 1. The van der Waals surface area contributed by atoms with Gasteiger partial charge in [0.05, 0.1) is 13.1 Å². The number of nitrogens with one attached hydrogen (secondary N) is 1. The molecule has 202 valence electrons. The van der Waals surface area contributed by atoms with Crippen LogP contribution in [0.2, 0.25) is 0 Å². The molecule has 5 rings (SSSR count). The van der Waals surface area contributed by atoms with E-state index in [1.165, 1.54) is 17.1 Å². The summed E-state index contributed by atoms with van der Waals surface area (Å²) in [5.74, 6) is 0.489. The van der Waals surface area contributed by atoms with Crippen molar-refractivity contribution in [2.45, 2.75) is 45.6 Å². The summed E-state index contributed by atoms with van der Waals surface area (Å²) in [4.78, 5) is 43.8. The number of benzene rings is 2. The number of hydrogen-bond acceptors (Lipinski definition) is 6. The third-order valence-electron chi connectivity index (χ3n) is 7.43. The van der Waals surface area contributed by atoms with Crippen LogP contribution in [0.3, 0.4) is 0 Å². The van der Waals surface area contributed by atoms with Crippen LogP contribution in [0.1, 0.15) is 31.4 Å². The van der Waals surface area contributed by atoms with E-state index in [0.717, 1.165) is 11.1 Å². The summed E-state index contributed by atoms with van der Waals surface area (Å²) >= 11 is 0. The van der Waals surface area contributed by atoms with Gasteiger partial charge in [-0.1, -0.05) is 38.5 Å². The monoisotopic (exact) mass is 525 g/mol. The molecule has 4 amide bonds. The number of halogens is 1. The zero-order valence-corrected chi connectivity index (χ0v) is 21.7. The number of carbonyl (C=O) groups excluding carboxylic acids is 3. The second-order valence-corrected chi connectivity index (χ2v) is 9.96. The van der Waals surface area contributed by atoms with Gasteiger partial charge in [-0.15, -0.1) is 0 Å².